The fourth-order valence-electron chi connectivity index (χ4n) is 3.63. The number of fused-ring (bicyclic) bond motifs is 2. The Morgan fingerprint density at radius 2 is 1.95 bits per heavy atom. The second-order valence-corrected chi connectivity index (χ2v) is 5.77. The summed E-state index contributed by atoms with van der Waals surface area (Å²) >= 11 is 0. The Balaban J connectivity index is 1.99. The molecule has 0 radical (unpaired) electrons. The van der Waals surface area contributed by atoms with Crippen LogP contribution in [0.15, 0.2) is 18.2 Å². The monoisotopic (exact) mass is 279 g/mol. The van der Waals surface area contributed by atoms with Gasteiger partial charge in [-0.05, 0) is 38.2 Å². The van der Waals surface area contributed by atoms with Crippen molar-refractivity contribution in [2.75, 3.05) is 4.90 Å². The first-order valence-corrected chi connectivity index (χ1v) is 7.04. The molecule has 3 rings (SSSR count). The van der Waals surface area contributed by atoms with Gasteiger partial charge in [-0.3, -0.25) is 10.1 Å². The van der Waals surface area contributed by atoms with E-state index in [-0.39, 0.29) is 29.6 Å². The third-order valence-electron chi connectivity index (χ3n) is 4.43. The summed E-state index contributed by atoms with van der Waals surface area (Å²) in [6, 6.07) is 4.32. The number of halogens is 1. The minimum Gasteiger partial charge on any atom is -0.363 e. The smallest absolute Gasteiger partial charge is 0.271 e. The van der Waals surface area contributed by atoms with E-state index in [4.69, 9.17) is 5.73 Å². The molecular formula is C14H18FN3O2. The SMILES string of the molecule is NC1CC2CCCC(C1)N2c1cc([N+](=O)[O-])ccc1F. The first kappa shape index (κ1) is 13.3. The standard InChI is InChI=1S/C14H18FN3O2/c15-13-5-4-12(18(19)20)8-14(13)17-10-2-1-3-11(17)7-9(16)6-10/h4-5,8-11H,1-3,6-7,16H2. The summed E-state index contributed by atoms with van der Waals surface area (Å²) in [5.41, 5.74) is 6.35. The molecule has 2 fully saturated rings. The largest absolute Gasteiger partial charge is 0.363 e. The van der Waals surface area contributed by atoms with Crippen molar-refractivity contribution >= 4 is 11.4 Å². The molecule has 0 aliphatic carbocycles. The first-order chi connectivity index (χ1) is 9.56. The van der Waals surface area contributed by atoms with Gasteiger partial charge in [-0.1, -0.05) is 0 Å². The van der Waals surface area contributed by atoms with Gasteiger partial charge in [0.05, 0.1) is 10.6 Å². The van der Waals surface area contributed by atoms with Crippen LogP contribution < -0.4 is 10.6 Å². The molecule has 1 aromatic rings. The van der Waals surface area contributed by atoms with Gasteiger partial charge in [0.1, 0.15) is 5.82 Å². The number of nitrogens with zero attached hydrogens (tertiary/aromatic N) is 2. The van der Waals surface area contributed by atoms with Gasteiger partial charge >= 0.3 is 0 Å². The highest BCUT2D eigenvalue weighted by molar-refractivity contribution is 5.56. The van der Waals surface area contributed by atoms with Gasteiger partial charge in [0.15, 0.2) is 0 Å². The van der Waals surface area contributed by atoms with Gasteiger partial charge in [0.25, 0.3) is 5.69 Å². The summed E-state index contributed by atoms with van der Waals surface area (Å²) in [6.45, 7) is 0. The van der Waals surface area contributed by atoms with E-state index in [9.17, 15) is 14.5 Å². The molecule has 2 bridgehead atoms. The molecule has 0 amide bonds. The molecule has 2 aliphatic rings. The van der Waals surface area contributed by atoms with Crippen molar-refractivity contribution in [1.29, 1.82) is 0 Å². The van der Waals surface area contributed by atoms with E-state index in [2.05, 4.69) is 0 Å². The Hall–Kier alpha value is -1.69. The minimum absolute atomic E-state index is 0.0608. The Labute approximate surface area is 116 Å². The lowest BCUT2D eigenvalue weighted by atomic mass is 9.81. The summed E-state index contributed by atoms with van der Waals surface area (Å²) in [7, 11) is 0. The average molecular weight is 279 g/mol. The second kappa shape index (κ2) is 5.01. The molecule has 2 saturated heterocycles. The van der Waals surface area contributed by atoms with Crippen molar-refractivity contribution in [3.8, 4) is 0 Å². The number of rotatable bonds is 2. The van der Waals surface area contributed by atoms with Crippen LogP contribution in [-0.2, 0) is 0 Å². The quantitative estimate of drug-likeness (QED) is 0.667. The molecule has 2 N–H and O–H groups in total. The topological polar surface area (TPSA) is 72.4 Å². The van der Waals surface area contributed by atoms with Crippen LogP contribution in [0.1, 0.15) is 32.1 Å². The highest BCUT2D eigenvalue weighted by Gasteiger charge is 2.38. The fourth-order valence-corrected chi connectivity index (χ4v) is 3.63. The van der Waals surface area contributed by atoms with Gasteiger partial charge in [0.2, 0.25) is 0 Å². The molecule has 1 aromatic carbocycles. The number of hydrogen-bond donors (Lipinski definition) is 1. The Morgan fingerprint density at radius 3 is 2.55 bits per heavy atom. The molecule has 2 unspecified atom stereocenters. The lowest BCUT2D eigenvalue weighted by molar-refractivity contribution is -0.384. The van der Waals surface area contributed by atoms with Crippen molar-refractivity contribution in [3.05, 3.63) is 34.1 Å². The van der Waals surface area contributed by atoms with Crippen LogP contribution in [0, 0.1) is 15.9 Å². The van der Waals surface area contributed by atoms with Gasteiger partial charge < -0.3 is 10.6 Å². The first-order valence-electron chi connectivity index (χ1n) is 7.04. The number of nitro benzene ring substituents is 1. The molecular weight excluding hydrogens is 261 g/mol. The van der Waals surface area contributed by atoms with Crippen LogP contribution >= 0.6 is 0 Å². The van der Waals surface area contributed by atoms with E-state index in [1.807, 2.05) is 4.90 Å². The molecule has 2 aliphatic heterocycles. The molecule has 20 heavy (non-hydrogen) atoms. The normalized spacial score (nSPS) is 29.3. The van der Waals surface area contributed by atoms with Gasteiger partial charge in [0, 0.05) is 30.3 Å². The third kappa shape index (κ3) is 2.24. The van der Waals surface area contributed by atoms with Gasteiger partial charge in [-0.25, -0.2) is 4.39 Å². The van der Waals surface area contributed by atoms with Crippen molar-refractivity contribution in [2.24, 2.45) is 5.73 Å². The maximum Gasteiger partial charge on any atom is 0.271 e. The number of nitrogens with two attached hydrogens (primary N) is 1. The van der Waals surface area contributed by atoms with Crippen molar-refractivity contribution in [2.45, 2.75) is 50.2 Å². The zero-order valence-electron chi connectivity index (χ0n) is 11.2. The average Bonchev–Trinajstić information content (AvgIpc) is 2.38. The molecule has 108 valence electrons. The summed E-state index contributed by atoms with van der Waals surface area (Å²) in [5.74, 6) is -0.386. The molecule has 0 saturated carbocycles. The lowest BCUT2D eigenvalue weighted by Gasteiger charge is -2.49. The Morgan fingerprint density at radius 1 is 1.30 bits per heavy atom. The van der Waals surface area contributed by atoms with E-state index in [1.54, 1.807) is 0 Å². The van der Waals surface area contributed by atoms with Crippen molar-refractivity contribution in [1.82, 2.24) is 0 Å². The zero-order valence-corrected chi connectivity index (χ0v) is 11.2. The Kier molecular flexibility index (Phi) is 3.33. The van der Waals surface area contributed by atoms with Crippen LogP contribution in [-0.4, -0.2) is 23.0 Å². The van der Waals surface area contributed by atoms with Crippen LogP contribution in [0.3, 0.4) is 0 Å². The number of nitro groups is 1. The Bertz CT molecular complexity index is 523. The number of benzene rings is 1. The fraction of sp³-hybridized carbons (Fsp3) is 0.571. The molecule has 0 aromatic heterocycles. The maximum atomic E-state index is 14.1. The predicted molar refractivity (Wildman–Crippen MR) is 74.2 cm³/mol. The lowest BCUT2D eigenvalue weighted by Crippen LogP contribution is -2.55. The van der Waals surface area contributed by atoms with Gasteiger partial charge in [-0.2, -0.15) is 0 Å². The van der Waals surface area contributed by atoms with E-state index < -0.39 is 4.92 Å². The predicted octanol–water partition coefficient (Wildman–Crippen LogP) is 2.58. The summed E-state index contributed by atoms with van der Waals surface area (Å²) in [4.78, 5) is 12.4. The zero-order chi connectivity index (χ0) is 14.3. The third-order valence-corrected chi connectivity index (χ3v) is 4.43. The molecule has 2 heterocycles. The highest BCUT2D eigenvalue weighted by atomic mass is 19.1. The summed E-state index contributed by atoms with van der Waals surface area (Å²) in [6.07, 6.45) is 4.74. The molecule has 6 heteroatoms. The van der Waals surface area contributed by atoms with Crippen LogP contribution in [0.5, 0.6) is 0 Å². The number of piperidine rings is 2. The van der Waals surface area contributed by atoms with Crippen molar-refractivity contribution < 1.29 is 9.31 Å². The van der Waals surface area contributed by atoms with E-state index in [0.717, 1.165) is 32.1 Å². The number of hydrogen-bond acceptors (Lipinski definition) is 4. The van der Waals surface area contributed by atoms with Gasteiger partial charge in [-0.15, -0.1) is 0 Å². The maximum absolute atomic E-state index is 14.1. The summed E-state index contributed by atoms with van der Waals surface area (Å²) < 4.78 is 14.1. The van der Waals surface area contributed by atoms with E-state index >= 15 is 0 Å². The van der Waals surface area contributed by atoms with Crippen LogP contribution in [0.25, 0.3) is 0 Å². The number of non-ortho nitro benzene ring substituents is 1. The summed E-state index contributed by atoms with van der Waals surface area (Å²) in [5, 5.41) is 10.9. The van der Waals surface area contributed by atoms with Crippen LogP contribution in [0.2, 0.25) is 0 Å². The van der Waals surface area contributed by atoms with E-state index in [1.165, 1.54) is 18.2 Å². The molecule has 5 nitrogen and oxygen atoms in total. The number of anilines is 1. The second-order valence-electron chi connectivity index (χ2n) is 5.77. The molecule has 0 spiro atoms. The molecule has 2 atom stereocenters. The van der Waals surface area contributed by atoms with Crippen LogP contribution in [0.4, 0.5) is 15.8 Å². The van der Waals surface area contributed by atoms with E-state index in [0.29, 0.717) is 5.69 Å². The minimum atomic E-state index is -0.478. The highest BCUT2D eigenvalue weighted by Crippen LogP contribution is 2.39. The van der Waals surface area contributed by atoms with Crippen molar-refractivity contribution in [3.63, 3.8) is 0 Å².